The summed E-state index contributed by atoms with van der Waals surface area (Å²) in [4.78, 5) is 5.29. The van der Waals surface area contributed by atoms with Crippen LogP contribution in [-0.2, 0) is 21.7 Å². The molecule has 8 aromatic carbocycles. The van der Waals surface area contributed by atoms with Crippen LogP contribution in [0.15, 0.2) is 156 Å². The van der Waals surface area contributed by atoms with E-state index in [1.807, 2.05) is 0 Å². The lowest BCUT2D eigenvalue weighted by Gasteiger charge is -2.46. The Morgan fingerprint density at radius 2 is 1.01 bits per heavy atom. The van der Waals surface area contributed by atoms with Gasteiger partial charge in [0.05, 0.1) is 5.69 Å². The molecule has 9 aromatic rings. The molecule has 0 spiro atoms. The highest BCUT2D eigenvalue weighted by atomic mass is 16.3. The zero-order valence-electron chi connectivity index (χ0n) is 42.6. The van der Waals surface area contributed by atoms with Crippen molar-refractivity contribution in [3.8, 4) is 33.4 Å². The zero-order chi connectivity index (χ0) is 48.2. The molecule has 346 valence electrons. The van der Waals surface area contributed by atoms with Crippen LogP contribution in [-0.4, -0.2) is 6.85 Å². The molecular formula is C66H63BN2O. The summed E-state index contributed by atoms with van der Waals surface area (Å²) in [5.74, 6) is 0. The third-order valence-corrected chi connectivity index (χ3v) is 17.6. The lowest BCUT2D eigenvalue weighted by molar-refractivity contribution is 0.332. The maximum atomic E-state index is 7.74. The van der Waals surface area contributed by atoms with E-state index in [1.165, 1.54) is 112 Å². The maximum absolute atomic E-state index is 7.74. The van der Waals surface area contributed by atoms with Crippen LogP contribution in [0.4, 0.5) is 28.4 Å². The van der Waals surface area contributed by atoms with Gasteiger partial charge in [-0.05, 0) is 193 Å². The summed E-state index contributed by atoms with van der Waals surface area (Å²) in [5.41, 5.74) is 25.1. The summed E-state index contributed by atoms with van der Waals surface area (Å²) in [7, 11) is 0. The zero-order valence-corrected chi connectivity index (χ0v) is 42.6. The predicted molar refractivity (Wildman–Crippen MR) is 298 cm³/mol. The van der Waals surface area contributed by atoms with E-state index in [4.69, 9.17) is 4.42 Å². The van der Waals surface area contributed by atoms with Gasteiger partial charge in [-0.3, -0.25) is 0 Å². The fourth-order valence-electron chi connectivity index (χ4n) is 13.2. The molecular weight excluding hydrogens is 848 g/mol. The van der Waals surface area contributed by atoms with Gasteiger partial charge in [-0.15, -0.1) is 0 Å². The van der Waals surface area contributed by atoms with Crippen molar-refractivity contribution in [1.29, 1.82) is 0 Å². The van der Waals surface area contributed by atoms with Crippen LogP contribution in [0, 0.1) is 13.8 Å². The Hall–Kier alpha value is -6.78. The Kier molecular flexibility index (Phi) is 9.19. The van der Waals surface area contributed by atoms with Crippen molar-refractivity contribution < 1.29 is 4.42 Å². The SMILES string of the molecule is Cc1ccccc1-c1cc2c3c(c1)N(c1cc4c(cc1C)C(C)(C)CCC4(C)C)c1c(oc4cc5c(cc14)C(C)(C)CCC5(C)C)B3N(c1ccc(-c3ccccc3)cc1)c1cc3ccccc3cc1-2. The molecule has 4 aliphatic rings. The Morgan fingerprint density at radius 1 is 0.443 bits per heavy atom. The number of anilines is 5. The largest absolute Gasteiger partial charge is 0.466 e. The summed E-state index contributed by atoms with van der Waals surface area (Å²) in [6.45, 7) is 23.9. The molecule has 0 unspecified atom stereocenters. The first-order valence-corrected chi connectivity index (χ1v) is 25.8. The second kappa shape index (κ2) is 14.9. The van der Waals surface area contributed by atoms with Crippen LogP contribution in [0.2, 0.25) is 0 Å². The molecule has 3 heterocycles. The summed E-state index contributed by atoms with van der Waals surface area (Å²) >= 11 is 0. The molecule has 13 rings (SSSR count). The van der Waals surface area contributed by atoms with E-state index < -0.39 is 0 Å². The molecule has 0 N–H and O–H groups in total. The second-order valence-corrected chi connectivity index (χ2v) is 23.9. The molecule has 0 atom stereocenters. The summed E-state index contributed by atoms with van der Waals surface area (Å²) in [6, 6.07) is 57.9. The van der Waals surface area contributed by atoms with E-state index >= 15 is 0 Å². The molecule has 0 radical (unpaired) electrons. The Labute approximate surface area is 415 Å². The summed E-state index contributed by atoms with van der Waals surface area (Å²) in [6.07, 6.45) is 4.61. The minimum atomic E-state index is -0.267. The first-order valence-electron chi connectivity index (χ1n) is 25.8. The normalized spacial score (nSPS) is 17.7. The maximum Gasteiger partial charge on any atom is 0.375 e. The number of hydrogen-bond donors (Lipinski definition) is 0. The molecule has 0 fully saturated rings. The van der Waals surface area contributed by atoms with Gasteiger partial charge >= 0.3 is 6.85 Å². The van der Waals surface area contributed by atoms with Crippen molar-refractivity contribution in [3.05, 3.63) is 185 Å². The standard InChI is InChI=1S/C66H63BN2O/c1-40-18-14-17-23-48(40)46-34-50-49-33-44-21-15-16-22-45(44)35-57(49)69(47-26-24-43(25-27-47)42-19-12-11-13-20-42)67-60(50)58(36-46)68(56-38-54-52(32-41(56)2)63(3,4)28-30-65(54,7)8)61-51-37-53-55(39-59(51)70-62(61)67)66(9,10)31-29-64(53,5)6/h11-27,32-39H,28-31H2,1-10H3. The Morgan fingerprint density at radius 3 is 1.69 bits per heavy atom. The van der Waals surface area contributed by atoms with Gasteiger partial charge in [0.15, 0.2) is 0 Å². The monoisotopic (exact) mass is 911 g/mol. The van der Waals surface area contributed by atoms with E-state index in [-0.39, 0.29) is 28.5 Å². The van der Waals surface area contributed by atoms with E-state index in [2.05, 4.69) is 231 Å². The molecule has 0 saturated carbocycles. The molecule has 70 heavy (non-hydrogen) atoms. The molecule has 0 saturated heterocycles. The van der Waals surface area contributed by atoms with Gasteiger partial charge in [0.25, 0.3) is 0 Å². The van der Waals surface area contributed by atoms with Gasteiger partial charge in [-0.1, -0.05) is 152 Å². The van der Waals surface area contributed by atoms with E-state index in [1.54, 1.807) is 0 Å². The van der Waals surface area contributed by atoms with Crippen LogP contribution < -0.4 is 20.8 Å². The molecule has 2 aliphatic carbocycles. The number of fused-ring (bicyclic) bond motifs is 9. The fraction of sp³-hybridized carbons (Fsp3) is 0.273. The molecule has 2 aliphatic heterocycles. The first kappa shape index (κ1) is 43.3. The third-order valence-electron chi connectivity index (χ3n) is 17.6. The summed E-state index contributed by atoms with van der Waals surface area (Å²) < 4.78 is 7.74. The molecule has 3 nitrogen and oxygen atoms in total. The number of benzene rings is 8. The number of hydrogen-bond acceptors (Lipinski definition) is 3. The van der Waals surface area contributed by atoms with Gasteiger partial charge in [0, 0.05) is 33.7 Å². The van der Waals surface area contributed by atoms with Gasteiger partial charge in [0.2, 0.25) is 0 Å². The average Bonchev–Trinajstić information content (AvgIpc) is 3.72. The highest BCUT2D eigenvalue weighted by molar-refractivity contribution is 6.93. The number of rotatable bonds is 4. The van der Waals surface area contributed by atoms with Gasteiger partial charge in [-0.25, -0.2) is 0 Å². The topological polar surface area (TPSA) is 19.6 Å². The smallest absolute Gasteiger partial charge is 0.375 e. The molecule has 0 amide bonds. The highest BCUT2D eigenvalue weighted by Crippen LogP contribution is 2.56. The van der Waals surface area contributed by atoms with Crippen LogP contribution in [0.5, 0.6) is 0 Å². The third kappa shape index (κ3) is 6.34. The number of aryl methyl sites for hydroxylation is 2. The average molecular weight is 911 g/mol. The van der Waals surface area contributed by atoms with Crippen molar-refractivity contribution >= 4 is 68.1 Å². The van der Waals surface area contributed by atoms with Crippen molar-refractivity contribution in [1.82, 2.24) is 0 Å². The van der Waals surface area contributed by atoms with Crippen LogP contribution in [0.25, 0.3) is 55.1 Å². The quantitative estimate of drug-likeness (QED) is 0.164. The number of nitrogens with zero attached hydrogens (tertiary/aromatic N) is 2. The Balaban J connectivity index is 1.19. The van der Waals surface area contributed by atoms with Crippen LogP contribution >= 0.6 is 0 Å². The molecule has 1 aromatic heterocycles. The highest BCUT2D eigenvalue weighted by Gasteiger charge is 2.50. The Bertz CT molecular complexity index is 3650. The fourth-order valence-corrected chi connectivity index (χ4v) is 13.2. The van der Waals surface area contributed by atoms with E-state index in [9.17, 15) is 0 Å². The van der Waals surface area contributed by atoms with Crippen LogP contribution in [0.3, 0.4) is 0 Å². The van der Waals surface area contributed by atoms with Crippen molar-refractivity contribution in [2.75, 3.05) is 9.71 Å². The lowest BCUT2D eigenvalue weighted by atomic mass is 9.45. The van der Waals surface area contributed by atoms with Gasteiger partial charge in [0.1, 0.15) is 11.2 Å². The predicted octanol–water partition coefficient (Wildman–Crippen LogP) is 16.9. The van der Waals surface area contributed by atoms with Crippen molar-refractivity contribution in [2.45, 2.75) is 117 Å². The second-order valence-electron chi connectivity index (χ2n) is 23.9. The molecule has 0 bridgehead atoms. The van der Waals surface area contributed by atoms with Crippen molar-refractivity contribution in [3.63, 3.8) is 0 Å². The number of furan rings is 1. The van der Waals surface area contributed by atoms with Gasteiger partial charge in [-0.2, -0.15) is 0 Å². The van der Waals surface area contributed by atoms with E-state index in [0.29, 0.717) is 0 Å². The van der Waals surface area contributed by atoms with Gasteiger partial charge < -0.3 is 14.1 Å². The molecule has 4 heteroatoms. The first-order chi connectivity index (χ1) is 33.5. The van der Waals surface area contributed by atoms with Crippen LogP contribution in [0.1, 0.15) is 114 Å². The van der Waals surface area contributed by atoms with E-state index in [0.717, 1.165) is 41.9 Å². The van der Waals surface area contributed by atoms with Crippen molar-refractivity contribution in [2.24, 2.45) is 0 Å². The minimum absolute atomic E-state index is 0.0144. The minimum Gasteiger partial charge on any atom is -0.466 e. The lowest BCUT2D eigenvalue weighted by Crippen LogP contribution is -2.61. The summed E-state index contributed by atoms with van der Waals surface area (Å²) in [5, 5.41) is 3.64.